The van der Waals surface area contributed by atoms with E-state index in [4.69, 9.17) is 22.6 Å². The summed E-state index contributed by atoms with van der Waals surface area (Å²) in [6.45, 7) is -0.329. The average molecular weight is 304 g/mol. The number of hydrogen-bond donors (Lipinski definition) is 2. The molecular weight excluding hydrogens is 294 g/mol. The van der Waals surface area contributed by atoms with Gasteiger partial charge in [0.1, 0.15) is 11.5 Å². The van der Waals surface area contributed by atoms with Crippen molar-refractivity contribution in [2.45, 2.75) is 4.90 Å². The summed E-state index contributed by atoms with van der Waals surface area (Å²) >= 11 is 5.78. The summed E-state index contributed by atoms with van der Waals surface area (Å²) in [7, 11) is -3.84. The topological polar surface area (TPSA) is 122 Å². The number of nitrogens with two attached hydrogens (primary N) is 1. The van der Waals surface area contributed by atoms with E-state index >= 15 is 0 Å². The lowest BCUT2D eigenvalue weighted by atomic mass is 10.2. The fourth-order valence-corrected chi connectivity index (χ4v) is 2.75. The van der Waals surface area contributed by atoms with Crippen LogP contribution in [0.1, 0.15) is 5.56 Å². The molecule has 0 aliphatic carbocycles. The number of hydrogen-bond acceptors (Lipinski definition) is 5. The van der Waals surface area contributed by atoms with Crippen molar-refractivity contribution in [3.63, 3.8) is 0 Å². The van der Waals surface area contributed by atoms with Gasteiger partial charge in [0, 0.05) is 6.54 Å². The molecule has 0 aliphatic heterocycles. The van der Waals surface area contributed by atoms with E-state index in [1.807, 2.05) is 6.07 Å². The Labute approximate surface area is 115 Å². The summed E-state index contributed by atoms with van der Waals surface area (Å²) in [6, 6.07) is 5.64. The molecule has 0 fully saturated rings. The van der Waals surface area contributed by atoms with Crippen LogP contribution in [0.25, 0.3) is 0 Å². The van der Waals surface area contributed by atoms with Crippen LogP contribution in [0.15, 0.2) is 23.1 Å². The first-order valence-electron chi connectivity index (χ1n) is 4.98. The van der Waals surface area contributed by atoms with Gasteiger partial charge >= 0.3 is 6.09 Å². The highest BCUT2D eigenvalue weighted by molar-refractivity contribution is 7.89. The zero-order valence-corrected chi connectivity index (χ0v) is 11.2. The molecule has 3 N–H and O–H groups in total. The number of nitriles is 1. The third-order valence-electron chi connectivity index (χ3n) is 1.99. The molecule has 0 aromatic heterocycles. The van der Waals surface area contributed by atoms with Crippen molar-refractivity contribution in [3.05, 3.63) is 28.8 Å². The van der Waals surface area contributed by atoms with E-state index in [2.05, 4.69) is 9.46 Å². The standard InChI is InChI=1S/C10H10ClN3O4S/c11-8-5-7(6-12)1-2-9(8)19(16,17)14-3-4-18-10(13)15/h1-2,5,14H,3-4H2,(H2,13,15). The van der Waals surface area contributed by atoms with Crippen LogP contribution in [0, 0.1) is 11.3 Å². The highest BCUT2D eigenvalue weighted by Crippen LogP contribution is 2.22. The van der Waals surface area contributed by atoms with E-state index in [1.54, 1.807) is 0 Å². The zero-order chi connectivity index (χ0) is 14.5. The smallest absolute Gasteiger partial charge is 0.404 e. The van der Waals surface area contributed by atoms with Gasteiger partial charge in [-0.3, -0.25) is 0 Å². The summed E-state index contributed by atoms with van der Waals surface area (Å²) in [4.78, 5) is 10.1. The number of benzene rings is 1. The summed E-state index contributed by atoms with van der Waals surface area (Å²) in [5.74, 6) is 0. The molecule has 0 aliphatic rings. The van der Waals surface area contributed by atoms with Crippen LogP contribution in [0.3, 0.4) is 0 Å². The summed E-state index contributed by atoms with van der Waals surface area (Å²) < 4.78 is 30.3. The van der Waals surface area contributed by atoms with Gasteiger partial charge in [-0.15, -0.1) is 0 Å². The quantitative estimate of drug-likeness (QED) is 0.771. The van der Waals surface area contributed by atoms with Crippen molar-refractivity contribution >= 4 is 27.7 Å². The molecule has 0 bridgehead atoms. The van der Waals surface area contributed by atoms with Gasteiger partial charge in [-0.05, 0) is 18.2 Å². The number of amides is 1. The Morgan fingerprint density at radius 1 is 1.53 bits per heavy atom. The van der Waals surface area contributed by atoms with Crippen molar-refractivity contribution < 1.29 is 17.9 Å². The molecule has 0 radical (unpaired) electrons. The molecule has 1 amide bonds. The average Bonchev–Trinajstić information content (AvgIpc) is 2.34. The van der Waals surface area contributed by atoms with Gasteiger partial charge in [0.05, 0.1) is 16.7 Å². The molecule has 1 rings (SSSR count). The summed E-state index contributed by atoms with van der Waals surface area (Å²) in [5, 5.41) is 8.58. The molecule has 19 heavy (non-hydrogen) atoms. The molecule has 9 heteroatoms. The number of halogens is 1. The monoisotopic (exact) mass is 303 g/mol. The number of carbonyl (C=O) groups excluding carboxylic acids is 1. The van der Waals surface area contributed by atoms with Crippen molar-refractivity contribution in [2.24, 2.45) is 5.73 Å². The number of rotatable bonds is 5. The lowest BCUT2D eigenvalue weighted by Crippen LogP contribution is -2.29. The van der Waals surface area contributed by atoms with Crippen molar-refractivity contribution in [1.82, 2.24) is 4.72 Å². The number of primary amides is 1. The molecule has 7 nitrogen and oxygen atoms in total. The van der Waals surface area contributed by atoms with E-state index in [9.17, 15) is 13.2 Å². The van der Waals surface area contributed by atoms with Crippen LogP contribution in [-0.2, 0) is 14.8 Å². The Morgan fingerprint density at radius 3 is 2.74 bits per heavy atom. The van der Waals surface area contributed by atoms with Crippen LogP contribution in [0.4, 0.5) is 4.79 Å². The molecular formula is C10H10ClN3O4S. The van der Waals surface area contributed by atoms with Gasteiger partial charge in [-0.1, -0.05) is 11.6 Å². The molecule has 0 spiro atoms. The van der Waals surface area contributed by atoms with Crippen LogP contribution < -0.4 is 10.5 Å². The maximum atomic E-state index is 11.8. The molecule has 102 valence electrons. The van der Waals surface area contributed by atoms with Crippen molar-refractivity contribution in [2.75, 3.05) is 13.2 Å². The molecule has 1 aromatic carbocycles. The number of ether oxygens (including phenoxy) is 1. The summed E-state index contributed by atoms with van der Waals surface area (Å²) in [6.07, 6.45) is -0.990. The third kappa shape index (κ3) is 4.40. The van der Waals surface area contributed by atoms with Crippen molar-refractivity contribution in [1.29, 1.82) is 5.26 Å². The Hall–Kier alpha value is -1.82. The van der Waals surface area contributed by atoms with Gasteiger partial charge in [0.15, 0.2) is 0 Å². The fraction of sp³-hybridized carbons (Fsp3) is 0.200. The molecule has 1 aromatic rings. The second-order valence-electron chi connectivity index (χ2n) is 3.32. The van der Waals surface area contributed by atoms with Crippen LogP contribution in [-0.4, -0.2) is 27.7 Å². The van der Waals surface area contributed by atoms with E-state index in [0.717, 1.165) is 0 Å². The van der Waals surface area contributed by atoms with E-state index < -0.39 is 16.1 Å². The van der Waals surface area contributed by atoms with Gasteiger partial charge in [-0.25, -0.2) is 17.9 Å². The van der Waals surface area contributed by atoms with E-state index in [0.29, 0.717) is 0 Å². The highest BCUT2D eigenvalue weighted by Gasteiger charge is 2.17. The zero-order valence-electron chi connectivity index (χ0n) is 9.59. The third-order valence-corrected chi connectivity index (χ3v) is 3.93. The molecule has 0 saturated carbocycles. The maximum Gasteiger partial charge on any atom is 0.404 e. The SMILES string of the molecule is N#Cc1ccc(S(=O)(=O)NCCOC(N)=O)c(Cl)c1. The minimum Gasteiger partial charge on any atom is -0.448 e. The number of nitrogens with one attached hydrogen (secondary N) is 1. The number of sulfonamides is 1. The lowest BCUT2D eigenvalue weighted by molar-refractivity contribution is 0.159. The number of nitrogens with zero attached hydrogens (tertiary/aromatic N) is 1. The largest absolute Gasteiger partial charge is 0.448 e. The predicted molar refractivity (Wildman–Crippen MR) is 66.9 cm³/mol. The second-order valence-corrected chi connectivity index (χ2v) is 5.46. The van der Waals surface area contributed by atoms with Crippen LogP contribution in [0.2, 0.25) is 5.02 Å². The Bertz CT molecular complexity index is 624. The molecule has 0 saturated heterocycles. The predicted octanol–water partition coefficient (Wildman–Crippen LogP) is 0.585. The Kier molecular flexibility index (Phi) is 5.11. The Morgan fingerprint density at radius 2 is 2.21 bits per heavy atom. The highest BCUT2D eigenvalue weighted by atomic mass is 35.5. The lowest BCUT2D eigenvalue weighted by Gasteiger charge is -2.08. The van der Waals surface area contributed by atoms with E-state index in [1.165, 1.54) is 18.2 Å². The Balaban J connectivity index is 2.78. The first-order valence-corrected chi connectivity index (χ1v) is 6.84. The van der Waals surface area contributed by atoms with Crippen LogP contribution in [0.5, 0.6) is 0 Å². The van der Waals surface area contributed by atoms with Gasteiger partial charge in [0.25, 0.3) is 0 Å². The minimum absolute atomic E-state index is 0.0673. The van der Waals surface area contributed by atoms with Gasteiger partial charge in [-0.2, -0.15) is 5.26 Å². The van der Waals surface area contributed by atoms with Crippen LogP contribution >= 0.6 is 11.6 Å². The fourth-order valence-electron chi connectivity index (χ4n) is 1.19. The van der Waals surface area contributed by atoms with Gasteiger partial charge in [0.2, 0.25) is 10.0 Å². The maximum absolute atomic E-state index is 11.8. The first-order chi connectivity index (χ1) is 8.86. The molecule has 0 atom stereocenters. The number of carbonyl (C=O) groups is 1. The second kappa shape index (κ2) is 6.38. The summed E-state index contributed by atoms with van der Waals surface area (Å²) in [5.41, 5.74) is 4.97. The normalized spacial score (nSPS) is 10.7. The van der Waals surface area contributed by atoms with E-state index in [-0.39, 0.29) is 28.6 Å². The van der Waals surface area contributed by atoms with Gasteiger partial charge < -0.3 is 10.5 Å². The minimum atomic E-state index is -3.84. The first kappa shape index (κ1) is 15.2. The molecule has 0 unspecified atom stereocenters. The van der Waals surface area contributed by atoms with Crippen molar-refractivity contribution in [3.8, 4) is 6.07 Å². The molecule has 0 heterocycles.